The van der Waals surface area contributed by atoms with Crippen molar-refractivity contribution in [1.82, 2.24) is 14.3 Å². The number of H-pyrrole nitrogens is 1. The number of hydrogen-bond donors (Lipinski definition) is 3. The fourth-order valence-electron chi connectivity index (χ4n) is 3.63. The topological polar surface area (TPSA) is 143 Å². The second-order valence-electron chi connectivity index (χ2n) is 7.86. The van der Waals surface area contributed by atoms with Gasteiger partial charge in [0.25, 0.3) is 0 Å². The first-order valence-electron chi connectivity index (χ1n) is 10.6. The Bertz CT molecular complexity index is 1380. The predicted octanol–water partition coefficient (Wildman–Crippen LogP) is 1.79. The largest absolute Gasteiger partial charge is 0.495 e. The molecule has 1 aliphatic heterocycles. The third-order valence-corrected chi connectivity index (χ3v) is 8.20. The number of benzene rings is 1. The summed E-state index contributed by atoms with van der Waals surface area (Å²) in [5, 5.41) is 7.13. The minimum atomic E-state index is -3.67. The van der Waals surface area contributed by atoms with Gasteiger partial charge in [0.05, 0.1) is 36.7 Å². The van der Waals surface area contributed by atoms with Crippen molar-refractivity contribution in [3.05, 3.63) is 36.5 Å². The number of aromatic nitrogens is 2. The number of aromatic amines is 1. The molecule has 0 saturated carbocycles. The van der Waals surface area contributed by atoms with E-state index in [1.54, 1.807) is 18.3 Å². The number of morpholine rings is 1. The van der Waals surface area contributed by atoms with Gasteiger partial charge in [-0.05, 0) is 18.2 Å². The third kappa shape index (κ3) is 5.43. The molecular weight excluding hydrogens is 482 g/mol. The van der Waals surface area contributed by atoms with E-state index in [9.17, 15) is 16.8 Å². The van der Waals surface area contributed by atoms with Crippen molar-refractivity contribution in [2.24, 2.45) is 0 Å². The molecule has 1 aromatic carbocycles. The van der Waals surface area contributed by atoms with Gasteiger partial charge in [0.15, 0.2) is 0 Å². The molecule has 3 heterocycles. The first kappa shape index (κ1) is 24.3. The number of fused-ring (bicyclic) bond motifs is 1. The van der Waals surface area contributed by atoms with Crippen molar-refractivity contribution in [2.45, 2.75) is 4.90 Å². The van der Waals surface area contributed by atoms with Gasteiger partial charge in [-0.25, -0.2) is 21.8 Å². The molecule has 3 aromatic rings. The number of methoxy groups -OCH3 is 1. The lowest BCUT2D eigenvalue weighted by Crippen LogP contribution is -2.40. The molecule has 184 valence electrons. The Labute approximate surface area is 198 Å². The number of sulfone groups is 1. The first-order chi connectivity index (χ1) is 16.2. The fraction of sp³-hybridized carbons (Fsp3) is 0.381. The summed E-state index contributed by atoms with van der Waals surface area (Å²) in [6.07, 6.45) is 2.93. The number of anilines is 3. The lowest BCUT2D eigenvalue weighted by molar-refractivity contribution is 0.0730. The zero-order valence-corrected chi connectivity index (χ0v) is 20.5. The van der Waals surface area contributed by atoms with Crippen LogP contribution in [0.4, 0.5) is 17.2 Å². The Balaban J connectivity index is 1.60. The summed E-state index contributed by atoms with van der Waals surface area (Å²) in [5.74, 6) is 0.810. The first-order valence-corrected chi connectivity index (χ1v) is 14.1. The summed E-state index contributed by atoms with van der Waals surface area (Å²) in [7, 11) is -5.31. The van der Waals surface area contributed by atoms with Crippen LogP contribution in [0.15, 0.2) is 41.4 Å². The summed E-state index contributed by atoms with van der Waals surface area (Å²) >= 11 is 0. The number of ether oxygens (including phenoxy) is 2. The van der Waals surface area contributed by atoms with Gasteiger partial charge in [0, 0.05) is 55.3 Å². The molecular formula is C21H27N5O6S2. The van der Waals surface area contributed by atoms with Crippen molar-refractivity contribution in [3.8, 4) is 5.75 Å². The van der Waals surface area contributed by atoms with E-state index in [-0.39, 0.29) is 17.2 Å². The van der Waals surface area contributed by atoms with E-state index in [4.69, 9.17) is 9.47 Å². The zero-order valence-electron chi connectivity index (χ0n) is 18.9. The average molecular weight is 510 g/mol. The number of nitrogens with zero attached hydrogens (tertiary/aromatic N) is 2. The molecule has 34 heavy (non-hydrogen) atoms. The van der Waals surface area contributed by atoms with Crippen molar-refractivity contribution in [1.29, 1.82) is 0 Å². The summed E-state index contributed by atoms with van der Waals surface area (Å²) in [6, 6.07) is 8.24. The van der Waals surface area contributed by atoms with E-state index in [0.29, 0.717) is 54.9 Å². The van der Waals surface area contributed by atoms with Crippen LogP contribution in [0.3, 0.4) is 0 Å². The smallest absolute Gasteiger partial charge is 0.243 e. The van der Waals surface area contributed by atoms with E-state index in [1.807, 2.05) is 6.07 Å². The fourth-order valence-corrected chi connectivity index (χ4v) is 5.53. The van der Waals surface area contributed by atoms with Crippen molar-refractivity contribution < 1.29 is 26.3 Å². The molecule has 3 N–H and O–H groups in total. The number of nitrogens with one attached hydrogen (secondary N) is 3. The van der Waals surface area contributed by atoms with Crippen LogP contribution in [0.25, 0.3) is 11.0 Å². The second kappa shape index (κ2) is 9.78. The van der Waals surface area contributed by atoms with Gasteiger partial charge in [-0.2, -0.15) is 4.31 Å². The van der Waals surface area contributed by atoms with Gasteiger partial charge >= 0.3 is 0 Å². The highest BCUT2D eigenvalue weighted by atomic mass is 32.2. The molecule has 0 spiro atoms. The van der Waals surface area contributed by atoms with Crippen molar-refractivity contribution >= 4 is 48.1 Å². The maximum absolute atomic E-state index is 13.0. The third-order valence-electron chi connectivity index (χ3n) is 5.36. The van der Waals surface area contributed by atoms with Crippen LogP contribution in [0.1, 0.15) is 0 Å². The molecule has 0 amide bonds. The Morgan fingerprint density at radius 2 is 1.88 bits per heavy atom. The minimum Gasteiger partial charge on any atom is -0.495 e. The van der Waals surface area contributed by atoms with E-state index in [2.05, 4.69) is 20.6 Å². The van der Waals surface area contributed by atoms with Gasteiger partial charge in [0.2, 0.25) is 10.0 Å². The van der Waals surface area contributed by atoms with E-state index in [1.165, 1.54) is 29.8 Å². The second-order valence-corrected chi connectivity index (χ2v) is 12.1. The number of rotatable bonds is 9. The quantitative estimate of drug-likeness (QED) is 0.393. The molecule has 1 saturated heterocycles. The minimum absolute atomic E-state index is 0.00307. The van der Waals surface area contributed by atoms with Crippen molar-refractivity contribution in [2.75, 3.05) is 62.6 Å². The monoisotopic (exact) mass is 509 g/mol. The molecule has 1 aliphatic rings. The summed E-state index contributed by atoms with van der Waals surface area (Å²) in [5.41, 5.74) is 1.85. The molecule has 1 fully saturated rings. The molecule has 0 aliphatic carbocycles. The Kier molecular flexibility index (Phi) is 6.98. The Morgan fingerprint density at radius 3 is 2.59 bits per heavy atom. The van der Waals surface area contributed by atoms with Crippen LogP contribution in [0.2, 0.25) is 0 Å². The van der Waals surface area contributed by atoms with Crippen LogP contribution in [0, 0.1) is 0 Å². The average Bonchev–Trinajstić information content (AvgIpc) is 3.28. The standard InChI is InChI=1S/C21H27N5O6S2/c1-31-19-13-15(34(29,30)26-8-10-32-11-9-26)3-4-17(19)24-20-14-18(22-7-12-33(2,27)28)16-5-6-23-21(16)25-20/h3-6,13-14H,7-12H2,1-2H3,(H3,22,23,24,25). The predicted molar refractivity (Wildman–Crippen MR) is 130 cm³/mol. The Morgan fingerprint density at radius 1 is 1.12 bits per heavy atom. The highest BCUT2D eigenvalue weighted by Crippen LogP contribution is 2.33. The van der Waals surface area contributed by atoms with Gasteiger partial charge in [0.1, 0.15) is 27.1 Å². The van der Waals surface area contributed by atoms with E-state index in [0.717, 1.165) is 5.39 Å². The van der Waals surface area contributed by atoms with Gasteiger partial charge in [-0.15, -0.1) is 0 Å². The van der Waals surface area contributed by atoms with E-state index < -0.39 is 19.9 Å². The molecule has 4 rings (SSSR count). The highest BCUT2D eigenvalue weighted by Gasteiger charge is 2.27. The van der Waals surface area contributed by atoms with Crippen LogP contribution in [-0.4, -0.2) is 83.1 Å². The van der Waals surface area contributed by atoms with Gasteiger partial charge in [-0.1, -0.05) is 0 Å². The normalized spacial score (nSPS) is 15.4. The number of hydrogen-bond acceptors (Lipinski definition) is 9. The van der Waals surface area contributed by atoms with Crippen LogP contribution < -0.4 is 15.4 Å². The number of sulfonamides is 1. The molecule has 0 radical (unpaired) electrons. The van der Waals surface area contributed by atoms with Gasteiger partial charge in [-0.3, -0.25) is 0 Å². The maximum Gasteiger partial charge on any atom is 0.243 e. The molecule has 2 aromatic heterocycles. The summed E-state index contributed by atoms with van der Waals surface area (Å²) in [4.78, 5) is 7.73. The molecule has 0 unspecified atom stereocenters. The molecule has 13 heteroatoms. The lowest BCUT2D eigenvalue weighted by atomic mass is 10.2. The molecule has 0 atom stereocenters. The summed E-state index contributed by atoms with van der Waals surface area (Å²) < 4.78 is 61.0. The SMILES string of the molecule is COc1cc(S(=O)(=O)N2CCOCC2)ccc1Nc1cc(NCCS(C)(=O)=O)c2cc[nH]c2n1. The van der Waals surface area contributed by atoms with Crippen molar-refractivity contribution in [3.63, 3.8) is 0 Å². The zero-order chi connectivity index (χ0) is 24.3. The summed E-state index contributed by atoms with van der Waals surface area (Å²) in [6.45, 7) is 1.59. The van der Waals surface area contributed by atoms with Crippen LogP contribution >= 0.6 is 0 Å². The maximum atomic E-state index is 13.0. The highest BCUT2D eigenvalue weighted by molar-refractivity contribution is 7.90. The Hall–Kier alpha value is -2.87. The van der Waals surface area contributed by atoms with Crippen LogP contribution in [-0.2, 0) is 24.6 Å². The molecule has 0 bridgehead atoms. The number of pyridine rings is 1. The lowest BCUT2D eigenvalue weighted by Gasteiger charge is -2.26. The van der Waals surface area contributed by atoms with E-state index >= 15 is 0 Å². The van der Waals surface area contributed by atoms with Gasteiger partial charge < -0.3 is 25.1 Å². The molecule has 11 nitrogen and oxygen atoms in total. The van der Waals surface area contributed by atoms with Crippen LogP contribution in [0.5, 0.6) is 5.75 Å².